The number of esters is 1. The Bertz CT molecular complexity index is 693. The van der Waals surface area contributed by atoms with E-state index < -0.39 is 5.60 Å². The Morgan fingerprint density at radius 2 is 1.79 bits per heavy atom. The van der Waals surface area contributed by atoms with Crippen molar-refractivity contribution >= 4 is 12.1 Å². The number of methoxy groups -OCH3 is 1. The summed E-state index contributed by atoms with van der Waals surface area (Å²) >= 11 is 0. The number of piperidine rings is 1. The highest BCUT2D eigenvalue weighted by Gasteiger charge is 2.48. The average Bonchev–Trinajstić information content (AvgIpc) is 3.47. The van der Waals surface area contributed by atoms with Crippen LogP contribution in [0.25, 0.3) is 0 Å². The van der Waals surface area contributed by atoms with Gasteiger partial charge in [0.15, 0.2) is 0 Å². The highest BCUT2D eigenvalue weighted by molar-refractivity contribution is 5.70. The molecule has 1 aromatic carbocycles. The minimum absolute atomic E-state index is 0.175. The second-order valence-corrected chi connectivity index (χ2v) is 9.11. The first-order valence-corrected chi connectivity index (χ1v) is 10.6. The van der Waals surface area contributed by atoms with E-state index in [4.69, 9.17) is 9.47 Å². The fraction of sp³-hybridized carbons (Fsp3) is 0.652. The fourth-order valence-electron chi connectivity index (χ4n) is 4.19. The van der Waals surface area contributed by atoms with Crippen LogP contribution in [-0.2, 0) is 14.3 Å². The van der Waals surface area contributed by atoms with Gasteiger partial charge in [0.25, 0.3) is 0 Å². The van der Waals surface area contributed by atoms with Gasteiger partial charge >= 0.3 is 12.1 Å². The van der Waals surface area contributed by atoms with Crippen molar-refractivity contribution in [1.29, 1.82) is 0 Å². The third-order valence-electron chi connectivity index (χ3n) is 5.76. The lowest BCUT2D eigenvalue weighted by atomic mass is 10.0. The molecule has 1 aliphatic heterocycles. The van der Waals surface area contributed by atoms with Gasteiger partial charge in [-0.15, -0.1) is 0 Å². The van der Waals surface area contributed by atoms with E-state index in [1.165, 1.54) is 12.7 Å². The molecule has 2 fully saturated rings. The van der Waals surface area contributed by atoms with E-state index in [0.29, 0.717) is 18.9 Å². The topological polar surface area (TPSA) is 59.1 Å². The predicted octanol–water partition coefficient (Wildman–Crippen LogP) is 3.81. The normalized spacial score (nSPS) is 22.8. The van der Waals surface area contributed by atoms with Gasteiger partial charge in [-0.05, 0) is 45.6 Å². The lowest BCUT2D eigenvalue weighted by Gasteiger charge is -2.39. The lowest BCUT2D eigenvalue weighted by Crippen LogP contribution is -2.50. The molecule has 1 saturated heterocycles. The number of amides is 1. The third kappa shape index (κ3) is 5.95. The number of hydrogen-bond donors (Lipinski definition) is 0. The van der Waals surface area contributed by atoms with E-state index in [2.05, 4.69) is 29.2 Å². The number of hydrogen-bond acceptors (Lipinski definition) is 5. The third-order valence-corrected chi connectivity index (χ3v) is 5.76. The molecule has 1 aromatic rings. The molecular weight excluding hydrogens is 368 g/mol. The van der Waals surface area contributed by atoms with Crippen LogP contribution in [-0.4, -0.2) is 66.3 Å². The summed E-state index contributed by atoms with van der Waals surface area (Å²) < 4.78 is 10.5. The zero-order valence-electron chi connectivity index (χ0n) is 18.1. The molecule has 0 N–H and O–H groups in total. The van der Waals surface area contributed by atoms with Gasteiger partial charge in [0, 0.05) is 37.6 Å². The molecule has 1 amide bonds. The van der Waals surface area contributed by atoms with Crippen molar-refractivity contribution in [2.75, 3.05) is 26.7 Å². The molecule has 2 aliphatic rings. The minimum Gasteiger partial charge on any atom is -0.469 e. The van der Waals surface area contributed by atoms with Gasteiger partial charge < -0.3 is 19.3 Å². The molecule has 29 heavy (non-hydrogen) atoms. The molecule has 6 heteroatoms. The van der Waals surface area contributed by atoms with Crippen molar-refractivity contribution in [1.82, 2.24) is 9.80 Å². The highest BCUT2D eigenvalue weighted by atomic mass is 16.6. The summed E-state index contributed by atoms with van der Waals surface area (Å²) in [5.41, 5.74) is 0.787. The zero-order valence-corrected chi connectivity index (χ0v) is 18.1. The van der Waals surface area contributed by atoms with Crippen LogP contribution in [0.15, 0.2) is 30.3 Å². The molecule has 1 saturated carbocycles. The maximum absolute atomic E-state index is 13.1. The molecule has 3 rings (SSSR count). The quantitative estimate of drug-likeness (QED) is 0.677. The number of likely N-dealkylation sites (tertiary alicyclic amines) is 1. The van der Waals surface area contributed by atoms with Crippen LogP contribution in [0.4, 0.5) is 4.79 Å². The lowest BCUT2D eigenvalue weighted by molar-refractivity contribution is -0.141. The summed E-state index contributed by atoms with van der Waals surface area (Å²) in [6.45, 7) is 8.22. The van der Waals surface area contributed by atoms with E-state index >= 15 is 0 Å². The molecule has 0 spiro atoms. The maximum Gasteiger partial charge on any atom is 0.410 e. The summed E-state index contributed by atoms with van der Waals surface area (Å²) in [6.07, 6.45) is 3.01. The van der Waals surface area contributed by atoms with Gasteiger partial charge in [0.05, 0.1) is 13.5 Å². The molecule has 1 aliphatic carbocycles. The average molecular weight is 403 g/mol. The van der Waals surface area contributed by atoms with Crippen LogP contribution in [0, 0.1) is 0 Å². The number of rotatable bonds is 6. The Kier molecular flexibility index (Phi) is 6.83. The van der Waals surface area contributed by atoms with Crippen LogP contribution in [0.5, 0.6) is 0 Å². The number of carbonyl (C=O) groups is 2. The van der Waals surface area contributed by atoms with Gasteiger partial charge in [0.2, 0.25) is 0 Å². The van der Waals surface area contributed by atoms with Gasteiger partial charge in [-0.2, -0.15) is 0 Å². The molecule has 160 valence electrons. The molecule has 1 heterocycles. The highest BCUT2D eigenvalue weighted by Crippen LogP contribution is 2.46. The van der Waals surface area contributed by atoms with Crippen molar-refractivity contribution in [3.63, 3.8) is 0 Å². The number of benzene rings is 1. The number of nitrogens with zero attached hydrogens (tertiary/aromatic N) is 2. The monoisotopic (exact) mass is 402 g/mol. The first-order valence-electron chi connectivity index (χ1n) is 10.6. The molecule has 0 unspecified atom stereocenters. The number of ether oxygens (including phenoxy) is 2. The van der Waals surface area contributed by atoms with Crippen molar-refractivity contribution in [3.05, 3.63) is 35.9 Å². The van der Waals surface area contributed by atoms with Crippen LogP contribution < -0.4 is 0 Å². The number of carbonyl (C=O) groups excluding carboxylic acids is 2. The summed E-state index contributed by atoms with van der Waals surface area (Å²) in [6, 6.07) is 10.8. The molecular formula is C23H34N2O4. The summed E-state index contributed by atoms with van der Waals surface area (Å²) in [7, 11) is 1.42. The molecule has 6 nitrogen and oxygen atoms in total. The Balaban J connectivity index is 1.64. The summed E-state index contributed by atoms with van der Waals surface area (Å²) in [5.74, 6) is 0.215. The van der Waals surface area contributed by atoms with Gasteiger partial charge in [-0.1, -0.05) is 30.3 Å². The van der Waals surface area contributed by atoms with E-state index in [0.717, 1.165) is 32.4 Å². The van der Waals surface area contributed by atoms with Crippen molar-refractivity contribution in [2.24, 2.45) is 0 Å². The minimum atomic E-state index is -0.506. The Morgan fingerprint density at radius 3 is 2.38 bits per heavy atom. The van der Waals surface area contributed by atoms with E-state index in [1.54, 1.807) is 0 Å². The maximum atomic E-state index is 13.1. The molecule has 0 bridgehead atoms. The van der Waals surface area contributed by atoms with Gasteiger partial charge in [0.1, 0.15) is 5.60 Å². The zero-order chi connectivity index (χ0) is 21.0. The van der Waals surface area contributed by atoms with Gasteiger partial charge in [-0.25, -0.2) is 4.79 Å². The van der Waals surface area contributed by atoms with E-state index in [1.807, 2.05) is 31.7 Å². The fourth-order valence-corrected chi connectivity index (χ4v) is 4.19. The predicted molar refractivity (Wildman–Crippen MR) is 112 cm³/mol. The summed E-state index contributed by atoms with van der Waals surface area (Å²) in [5, 5.41) is 0. The van der Waals surface area contributed by atoms with E-state index in [-0.39, 0.29) is 24.1 Å². The molecule has 0 aromatic heterocycles. The second kappa shape index (κ2) is 9.16. The first-order chi connectivity index (χ1) is 13.8. The van der Waals surface area contributed by atoms with Gasteiger partial charge in [-0.3, -0.25) is 4.79 Å². The smallest absolute Gasteiger partial charge is 0.410 e. The first kappa shape index (κ1) is 21.6. The molecule has 0 radical (unpaired) electrons. The van der Waals surface area contributed by atoms with Crippen molar-refractivity contribution < 1.29 is 19.1 Å². The standard InChI is InChI=1S/C23H34N2O4/c1-23(2,3)29-22(27)25(20-16-19(20)17-8-6-5-7-9-17)18-10-13-24(14-11-18)15-12-21(26)28-4/h5-9,18-20H,10-16H2,1-4H3/t19-,20+/m0/s1. The van der Waals surface area contributed by atoms with Crippen molar-refractivity contribution in [3.8, 4) is 0 Å². The Morgan fingerprint density at radius 1 is 1.14 bits per heavy atom. The largest absolute Gasteiger partial charge is 0.469 e. The van der Waals surface area contributed by atoms with E-state index in [9.17, 15) is 9.59 Å². The Labute approximate surface area is 174 Å². The van der Waals surface area contributed by atoms with Crippen molar-refractivity contribution in [2.45, 2.75) is 70.1 Å². The molecule has 2 atom stereocenters. The van der Waals surface area contributed by atoms with Crippen LogP contribution in [0.1, 0.15) is 57.9 Å². The SMILES string of the molecule is COC(=O)CCN1CCC(N(C(=O)OC(C)(C)C)[C@@H]2C[C@H]2c2ccccc2)CC1. The second-order valence-electron chi connectivity index (χ2n) is 9.11. The Hall–Kier alpha value is -2.08. The van der Waals surface area contributed by atoms with Crippen LogP contribution in [0.2, 0.25) is 0 Å². The van der Waals surface area contributed by atoms with Crippen LogP contribution >= 0.6 is 0 Å². The summed E-state index contributed by atoms with van der Waals surface area (Å²) in [4.78, 5) is 28.8. The van der Waals surface area contributed by atoms with Crippen LogP contribution in [0.3, 0.4) is 0 Å².